The SMILES string of the molecule is CC(=O)N[C@@H]1[C@H](N2CCC[C@H](OCCOC(=O)N3CCOCC3)C2)C=C(C(=O)OC(=O)C(F)(F)F)C[C@@H]1N. The van der Waals surface area contributed by atoms with Gasteiger partial charge in [-0.15, -0.1) is 0 Å². The molecule has 3 N–H and O–H groups in total. The van der Waals surface area contributed by atoms with Crippen molar-refractivity contribution in [1.29, 1.82) is 0 Å². The minimum atomic E-state index is -5.32. The highest BCUT2D eigenvalue weighted by Gasteiger charge is 2.44. The van der Waals surface area contributed by atoms with Gasteiger partial charge in [0, 0.05) is 38.2 Å². The first kappa shape index (κ1) is 29.8. The van der Waals surface area contributed by atoms with E-state index in [-0.39, 0.29) is 37.2 Å². The van der Waals surface area contributed by atoms with Crippen molar-refractivity contribution < 1.29 is 51.3 Å². The summed E-state index contributed by atoms with van der Waals surface area (Å²) in [6, 6.07) is -2.12. The van der Waals surface area contributed by atoms with E-state index in [1.807, 2.05) is 4.90 Å². The molecule has 12 nitrogen and oxygen atoms in total. The number of piperidine rings is 1. The molecule has 2 saturated heterocycles. The highest BCUT2D eigenvalue weighted by molar-refractivity contribution is 5.98. The molecule has 0 aromatic rings. The lowest BCUT2D eigenvalue weighted by Gasteiger charge is -2.44. The van der Waals surface area contributed by atoms with Crippen LogP contribution in [0.3, 0.4) is 0 Å². The number of hydrogen-bond acceptors (Lipinski definition) is 10. The Morgan fingerprint density at radius 1 is 1.16 bits per heavy atom. The summed E-state index contributed by atoms with van der Waals surface area (Å²) in [5.41, 5.74) is 6.02. The van der Waals surface area contributed by atoms with Crippen molar-refractivity contribution in [2.75, 3.05) is 52.6 Å². The second-order valence-electron chi connectivity index (χ2n) is 9.30. The van der Waals surface area contributed by atoms with E-state index in [1.165, 1.54) is 13.0 Å². The number of hydrogen-bond donors (Lipinski definition) is 2. The van der Waals surface area contributed by atoms with Crippen molar-refractivity contribution in [2.45, 2.75) is 56.6 Å². The summed E-state index contributed by atoms with van der Waals surface area (Å²) in [5.74, 6) is -4.41. The van der Waals surface area contributed by atoms with Crippen molar-refractivity contribution in [2.24, 2.45) is 5.73 Å². The zero-order valence-corrected chi connectivity index (χ0v) is 21.0. The van der Waals surface area contributed by atoms with Crippen LogP contribution in [0.15, 0.2) is 11.6 Å². The third kappa shape index (κ3) is 8.38. The molecular formula is C23H33F3N4O8. The first-order valence-electron chi connectivity index (χ1n) is 12.4. The Bertz CT molecular complexity index is 910. The summed E-state index contributed by atoms with van der Waals surface area (Å²) in [7, 11) is 0. The molecule has 214 valence electrons. The molecule has 1 aliphatic carbocycles. The summed E-state index contributed by atoms with van der Waals surface area (Å²) in [5, 5.41) is 2.75. The zero-order valence-electron chi connectivity index (χ0n) is 21.0. The van der Waals surface area contributed by atoms with Crippen molar-refractivity contribution >= 4 is 23.9 Å². The molecule has 0 aromatic carbocycles. The molecule has 2 amide bonds. The molecule has 3 rings (SSSR count). The third-order valence-electron chi connectivity index (χ3n) is 6.47. The fourth-order valence-electron chi connectivity index (χ4n) is 4.68. The standard InChI is InChI=1S/C23H33F3N4O8/c1-14(31)28-19-17(27)11-15(20(32)38-21(33)23(24,25)26)12-18(19)30-4-2-3-16(13-30)36-9-10-37-22(34)29-5-7-35-8-6-29/h12,16-19H,2-11,13,27H2,1H3,(H,28,31)/t16-,17-,18+,19-/m0/s1. The Kier molecular flexibility index (Phi) is 10.5. The molecule has 0 unspecified atom stereocenters. The number of halogens is 3. The molecule has 0 saturated carbocycles. The molecule has 0 bridgehead atoms. The lowest BCUT2D eigenvalue weighted by molar-refractivity contribution is -0.200. The summed E-state index contributed by atoms with van der Waals surface area (Å²) in [6.45, 7) is 4.26. The van der Waals surface area contributed by atoms with Crippen molar-refractivity contribution in [3.63, 3.8) is 0 Å². The van der Waals surface area contributed by atoms with E-state index in [0.29, 0.717) is 52.2 Å². The smallest absolute Gasteiger partial charge is 0.447 e. The Morgan fingerprint density at radius 3 is 2.53 bits per heavy atom. The van der Waals surface area contributed by atoms with Gasteiger partial charge in [0.2, 0.25) is 5.91 Å². The van der Waals surface area contributed by atoms with Gasteiger partial charge in [-0.3, -0.25) is 9.69 Å². The molecule has 38 heavy (non-hydrogen) atoms. The van der Waals surface area contributed by atoms with Crippen LogP contribution in [0, 0.1) is 0 Å². The van der Waals surface area contributed by atoms with E-state index < -0.39 is 42.3 Å². The molecule has 0 aromatic heterocycles. The maximum atomic E-state index is 12.6. The fraction of sp³-hybridized carbons (Fsp3) is 0.739. The second-order valence-corrected chi connectivity index (χ2v) is 9.30. The molecule has 4 atom stereocenters. The minimum Gasteiger partial charge on any atom is -0.447 e. The van der Waals surface area contributed by atoms with E-state index >= 15 is 0 Å². The maximum Gasteiger partial charge on any atom is 0.491 e. The third-order valence-corrected chi connectivity index (χ3v) is 6.47. The topological polar surface area (TPSA) is 150 Å². The van der Waals surface area contributed by atoms with Crippen LogP contribution in [-0.4, -0.2) is 117 Å². The normalized spacial score (nSPS) is 26.8. The monoisotopic (exact) mass is 550 g/mol. The van der Waals surface area contributed by atoms with E-state index in [4.69, 9.17) is 19.9 Å². The Balaban J connectivity index is 1.61. The van der Waals surface area contributed by atoms with Gasteiger partial charge in [0.25, 0.3) is 0 Å². The number of carbonyl (C=O) groups excluding carboxylic acids is 4. The van der Waals surface area contributed by atoms with Crippen LogP contribution in [0.25, 0.3) is 0 Å². The number of likely N-dealkylation sites (tertiary alicyclic amines) is 1. The van der Waals surface area contributed by atoms with Gasteiger partial charge in [-0.1, -0.05) is 6.08 Å². The number of nitrogens with one attached hydrogen (secondary N) is 1. The molecular weight excluding hydrogens is 517 g/mol. The number of ether oxygens (including phenoxy) is 4. The lowest BCUT2D eigenvalue weighted by Crippen LogP contribution is -2.62. The van der Waals surface area contributed by atoms with Gasteiger partial charge in [-0.2, -0.15) is 13.2 Å². The number of alkyl halides is 3. The number of amides is 2. The first-order valence-corrected chi connectivity index (χ1v) is 12.4. The Hall–Kier alpha value is -2.75. The van der Waals surface area contributed by atoms with Crippen LogP contribution in [-0.2, 0) is 33.3 Å². The van der Waals surface area contributed by atoms with Crippen LogP contribution < -0.4 is 11.1 Å². The largest absolute Gasteiger partial charge is 0.491 e. The molecule has 2 aliphatic heterocycles. The molecule has 0 radical (unpaired) electrons. The van der Waals surface area contributed by atoms with Crippen LogP contribution >= 0.6 is 0 Å². The van der Waals surface area contributed by atoms with Crippen molar-refractivity contribution in [3.8, 4) is 0 Å². The number of nitrogens with zero attached hydrogens (tertiary/aromatic N) is 2. The predicted molar refractivity (Wildman–Crippen MR) is 124 cm³/mol. The number of esters is 2. The molecule has 0 spiro atoms. The van der Waals surface area contributed by atoms with E-state index in [2.05, 4.69) is 10.1 Å². The highest BCUT2D eigenvalue weighted by Crippen LogP contribution is 2.27. The average Bonchev–Trinajstić information content (AvgIpc) is 2.87. The van der Waals surface area contributed by atoms with Crippen molar-refractivity contribution in [3.05, 3.63) is 11.6 Å². The summed E-state index contributed by atoms with van der Waals surface area (Å²) in [4.78, 5) is 50.8. The molecule has 2 heterocycles. The van der Waals surface area contributed by atoms with Crippen LogP contribution in [0.1, 0.15) is 26.2 Å². The Labute approximate surface area is 217 Å². The van der Waals surface area contributed by atoms with E-state index in [1.54, 1.807) is 4.90 Å². The molecule has 3 aliphatic rings. The van der Waals surface area contributed by atoms with Gasteiger partial charge < -0.3 is 34.9 Å². The number of nitrogens with two attached hydrogens (primary N) is 1. The molecule has 2 fully saturated rings. The second kappa shape index (κ2) is 13.4. The van der Waals surface area contributed by atoms with Gasteiger partial charge >= 0.3 is 24.2 Å². The van der Waals surface area contributed by atoms with Gasteiger partial charge in [-0.05, 0) is 25.8 Å². The van der Waals surface area contributed by atoms with Crippen molar-refractivity contribution in [1.82, 2.24) is 15.1 Å². The number of rotatable bonds is 7. The average molecular weight is 551 g/mol. The Morgan fingerprint density at radius 2 is 1.87 bits per heavy atom. The summed E-state index contributed by atoms with van der Waals surface area (Å²) < 4.78 is 58.0. The minimum absolute atomic E-state index is 0.0542. The number of carbonyl (C=O) groups is 4. The zero-order chi connectivity index (χ0) is 27.9. The summed E-state index contributed by atoms with van der Waals surface area (Å²) >= 11 is 0. The lowest BCUT2D eigenvalue weighted by atomic mass is 9.85. The van der Waals surface area contributed by atoms with Crippen LogP contribution in [0.5, 0.6) is 0 Å². The quantitative estimate of drug-likeness (QED) is 0.254. The van der Waals surface area contributed by atoms with Gasteiger partial charge in [0.1, 0.15) is 6.61 Å². The van der Waals surface area contributed by atoms with E-state index in [0.717, 1.165) is 0 Å². The van der Waals surface area contributed by atoms with Gasteiger partial charge in [-0.25, -0.2) is 14.4 Å². The highest BCUT2D eigenvalue weighted by atomic mass is 19.4. The van der Waals surface area contributed by atoms with Crippen LogP contribution in [0.2, 0.25) is 0 Å². The van der Waals surface area contributed by atoms with Gasteiger partial charge in [0.15, 0.2) is 0 Å². The molecule has 15 heteroatoms. The van der Waals surface area contributed by atoms with E-state index in [9.17, 15) is 32.3 Å². The predicted octanol–water partition coefficient (Wildman–Crippen LogP) is 0.0990. The fourth-order valence-corrected chi connectivity index (χ4v) is 4.68. The first-order chi connectivity index (χ1) is 18.0. The maximum absolute atomic E-state index is 12.6. The van der Waals surface area contributed by atoms with Crippen LogP contribution in [0.4, 0.5) is 18.0 Å². The summed E-state index contributed by atoms with van der Waals surface area (Å²) in [6.07, 6.45) is -3.43. The van der Waals surface area contributed by atoms with Gasteiger partial charge in [0.05, 0.1) is 38.0 Å². The number of morpholine rings is 1.